The lowest BCUT2D eigenvalue weighted by molar-refractivity contribution is 0.0789. The van der Waals surface area contributed by atoms with E-state index in [0.717, 1.165) is 11.1 Å². The van der Waals surface area contributed by atoms with Gasteiger partial charge in [0.25, 0.3) is 5.91 Å². The molecule has 0 radical (unpaired) electrons. The number of aromatic nitrogens is 3. The van der Waals surface area contributed by atoms with E-state index in [1.165, 1.54) is 17.0 Å². The molecule has 6 nitrogen and oxygen atoms in total. The van der Waals surface area contributed by atoms with Crippen molar-refractivity contribution in [3.63, 3.8) is 0 Å². The molecule has 3 heterocycles. The molecule has 3 aromatic heterocycles. The van der Waals surface area contributed by atoms with Crippen LogP contribution in [0.4, 0.5) is 4.39 Å². The number of amides is 1. The van der Waals surface area contributed by atoms with Crippen molar-refractivity contribution >= 4 is 28.3 Å². The Labute approximate surface area is 183 Å². The smallest absolute Gasteiger partial charge is 0.254 e. The van der Waals surface area contributed by atoms with E-state index in [1.54, 1.807) is 41.6 Å². The normalized spacial score (nSPS) is 11.1. The number of halogens is 1. The minimum atomic E-state index is -0.296. The molecular formula is C23H23FN4O2S. The predicted octanol–water partition coefficient (Wildman–Crippen LogP) is 4.53. The number of fused-ring (bicyclic) bond motifs is 1. The fraction of sp³-hybridized carbons (Fsp3) is 0.261. The summed E-state index contributed by atoms with van der Waals surface area (Å²) in [5, 5.41) is 7.25. The molecule has 4 aromatic rings. The van der Waals surface area contributed by atoms with Crippen LogP contribution in [-0.4, -0.2) is 45.8 Å². The van der Waals surface area contributed by atoms with E-state index in [1.807, 2.05) is 29.1 Å². The number of hydrogen-bond donors (Lipinski definition) is 0. The fourth-order valence-electron chi connectivity index (χ4n) is 3.35. The highest BCUT2D eigenvalue weighted by atomic mass is 32.1. The highest BCUT2D eigenvalue weighted by Gasteiger charge is 2.19. The van der Waals surface area contributed by atoms with Gasteiger partial charge in [-0.05, 0) is 55.1 Å². The summed E-state index contributed by atoms with van der Waals surface area (Å²) in [7, 11) is 1.78. The second-order valence-corrected chi connectivity index (χ2v) is 8.34. The summed E-state index contributed by atoms with van der Waals surface area (Å²) in [6.07, 6.45) is 2.37. The van der Waals surface area contributed by atoms with Gasteiger partial charge in [0.05, 0.1) is 30.3 Å². The third-order valence-electron chi connectivity index (χ3n) is 4.92. The van der Waals surface area contributed by atoms with Crippen LogP contribution in [0, 0.1) is 12.7 Å². The van der Waals surface area contributed by atoms with Crippen molar-refractivity contribution in [2.24, 2.45) is 0 Å². The van der Waals surface area contributed by atoms with E-state index in [4.69, 9.17) is 4.74 Å². The van der Waals surface area contributed by atoms with Crippen LogP contribution in [0.5, 0.6) is 5.75 Å². The molecule has 0 aliphatic rings. The van der Waals surface area contributed by atoms with E-state index < -0.39 is 0 Å². The van der Waals surface area contributed by atoms with E-state index in [-0.39, 0.29) is 11.7 Å². The first-order valence-corrected chi connectivity index (χ1v) is 10.9. The largest absolute Gasteiger partial charge is 0.494 e. The number of pyridine rings is 1. The maximum Gasteiger partial charge on any atom is 0.254 e. The van der Waals surface area contributed by atoms with Crippen molar-refractivity contribution in [3.05, 3.63) is 76.0 Å². The van der Waals surface area contributed by atoms with Gasteiger partial charge >= 0.3 is 0 Å². The molecule has 31 heavy (non-hydrogen) atoms. The average molecular weight is 439 g/mol. The molecule has 1 aromatic carbocycles. The van der Waals surface area contributed by atoms with Crippen molar-refractivity contribution in [3.8, 4) is 5.75 Å². The van der Waals surface area contributed by atoms with Crippen LogP contribution in [0.15, 0.2) is 54.0 Å². The Hall–Kier alpha value is -3.26. The molecule has 0 unspecified atom stereocenters. The van der Waals surface area contributed by atoms with Crippen molar-refractivity contribution < 1.29 is 13.9 Å². The van der Waals surface area contributed by atoms with Gasteiger partial charge in [-0.2, -0.15) is 5.10 Å². The van der Waals surface area contributed by atoms with Gasteiger partial charge in [0.2, 0.25) is 0 Å². The fourth-order valence-corrected chi connectivity index (χ4v) is 4.03. The van der Waals surface area contributed by atoms with Gasteiger partial charge in [0.15, 0.2) is 5.65 Å². The molecule has 0 aliphatic heterocycles. The molecule has 0 saturated heterocycles. The number of hydrogen-bond acceptors (Lipinski definition) is 5. The lowest BCUT2D eigenvalue weighted by atomic mass is 10.1. The molecule has 160 valence electrons. The maximum atomic E-state index is 13.1. The summed E-state index contributed by atoms with van der Waals surface area (Å²) in [5.41, 5.74) is 2.09. The van der Waals surface area contributed by atoms with E-state index >= 15 is 0 Å². The van der Waals surface area contributed by atoms with Gasteiger partial charge < -0.3 is 9.64 Å². The summed E-state index contributed by atoms with van der Waals surface area (Å²) < 4.78 is 20.4. The summed E-state index contributed by atoms with van der Waals surface area (Å²) in [6, 6.07) is 11.8. The minimum Gasteiger partial charge on any atom is -0.494 e. The molecular weight excluding hydrogens is 415 g/mol. The Morgan fingerprint density at radius 3 is 2.81 bits per heavy atom. The van der Waals surface area contributed by atoms with Gasteiger partial charge in [0, 0.05) is 24.2 Å². The molecule has 0 bridgehead atoms. The van der Waals surface area contributed by atoms with Crippen LogP contribution in [0.1, 0.15) is 27.3 Å². The molecule has 0 N–H and O–H groups in total. The standard InChI is InChI=1S/C23H23FN4O2S/c1-16-13-20(21-14-25-28(22(21)26-16)15-19-5-3-12-31-19)23(29)27(2)10-4-11-30-18-8-6-17(24)7-9-18/h3,5-9,12-14H,4,10-11,15H2,1-2H3. The third kappa shape index (κ3) is 4.91. The number of nitrogens with zero attached hydrogens (tertiary/aromatic N) is 4. The second-order valence-electron chi connectivity index (χ2n) is 7.31. The monoisotopic (exact) mass is 438 g/mol. The van der Waals surface area contributed by atoms with E-state index in [0.29, 0.717) is 43.1 Å². The molecule has 1 amide bonds. The zero-order valence-electron chi connectivity index (χ0n) is 17.4. The molecule has 8 heteroatoms. The minimum absolute atomic E-state index is 0.0760. The molecule has 0 fully saturated rings. The Bertz CT molecular complexity index is 1170. The van der Waals surface area contributed by atoms with Crippen molar-refractivity contribution in [1.29, 1.82) is 0 Å². The first kappa shape index (κ1) is 21.0. The SMILES string of the molecule is Cc1cc(C(=O)N(C)CCCOc2ccc(F)cc2)c2cnn(Cc3cccs3)c2n1. The Morgan fingerprint density at radius 1 is 1.26 bits per heavy atom. The van der Waals surface area contributed by atoms with Crippen LogP contribution in [-0.2, 0) is 6.54 Å². The van der Waals surface area contributed by atoms with Crippen molar-refractivity contribution in [2.45, 2.75) is 19.9 Å². The number of benzene rings is 1. The van der Waals surface area contributed by atoms with Crippen LogP contribution in [0.2, 0.25) is 0 Å². The number of ether oxygens (including phenoxy) is 1. The van der Waals surface area contributed by atoms with Crippen LogP contribution in [0.3, 0.4) is 0 Å². The summed E-state index contributed by atoms with van der Waals surface area (Å²) in [5.74, 6) is 0.239. The first-order chi connectivity index (χ1) is 15.0. The van der Waals surface area contributed by atoms with Crippen LogP contribution < -0.4 is 4.74 Å². The molecule has 0 saturated carbocycles. The highest BCUT2D eigenvalue weighted by molar-refractivity contribution is 7.09. The topological polar surface area (TPSA) is 60.3 Å². The van der Waals surface area contributed by atoms with Crippen LogP contribution >= 0.6 is 11.3 Å². The van der Waals surface area contributed by atoms with Gasteiger partial charge in [0.1, 0.15) is 11.6 Å². The van der Waals surface area contributed by atoms with Crippen molar-refractivity contribution in [1.82, 2.24) is 19.7 Å². The van der Waals surface area contributed by atoms with E-state index in [9.17, 15) is 9.18 Å². The summed E-state index contributed by atoms with van der Waals surface area (Å²) in [4.78, 5) is 20.6. The lowest BCUT2D eigenvalue weighted by Crippen LogP contribution is -2.29. The number of rotatable bonds is 8. The average Bonchev–Trinajstić information content (AvgIpc) is 3.42. The molecule has 0 spiro atoms. The van der Waals surface area contributed by atoms with Gasteiger partial charge in [-0.1, -0.05) is 6.07 Å². The number of carbonyl (C=O) groups excluding carboxylic acids is 1. The Kier molecular flexibility index (Phi) is 6.27. The molecule has 4 rings (SSSR count). The maximum absolute atomic E-state index is 13.1. The zero-order valence-corrected chi connectivity index (χ0v) is 18.2. The first-order valence-electron chi connectivity index (χ1n) is 10.0. The predicted molar refractivity (Wildman–Crippen MR) is 119 cm³/mol. The van der Waals surface area contributed by atoms with Gasteiger partial charge in [-0.15, -0.1) is 11.3 Å². The zero-order chi connectivity index (χ0) is 21.8. The molecule has 0 aliphatic carbocycles. The number of thiophene rings is 1. The third-order valence-corrected chi connectivity index (χ3v) is 5.78. The number of carbonyl (C=O) groups is 1. The van der Waals surface area contributed by atoms with Gasteiger partial charge in [-0.25, -0.2) is 14.1 Å². The van der Waals surface area contributed by atoms with Crippen LogP contribution in [0.25, 0.3) is 11.0 Å². The Morgan fingerprint density at radius 2 is 2.06 bits per heavy atom. The quantitative estimate of drug-likeness (QED) is 0.379. The molecule has 0 atom stereocenters. The second kappa shape index (κ2) is 9.26. The lowest BCUT2D eigenvalue weighted by Gasteiger charge is -2.18. The Balaban J connectivity index is 1.42. The van der Waals surface area contributed by atoms with Gasteiger partial charge in [-0.3, -0.25) is 4.79 Å². The summed E-state index contributed by atoms with van der Waals surface area (Å²) in [6.45, 7) is 3.48. The number of aryl methyl sites for hydroxylation is 1. The summed E-state index contributed by atoms with van der Waals surface area (Å²) >= 11 is 1.67. The van der Waals surface area contributed by atoms with E-state index in [2.05, 4.69) is 16.1 Å². The van der Waals surface area contributed by atoms with Crippen molar-refractivity contribution in [2.75, 3.05) is 20.2 Å². The highest BCUT2D eigenvalue weighted by Crippen LogP contribution is 2.21.